The lowest BCUT2D eigenvalue weighted by atomic mass is 9.92. The van der Waals surface area contributed by atoms with E-state index in [9.17, 15) is 13.2 Å². The van der Waals surface area contributed by atoms with E-state index in [1.165, 1.54) is 12.1 Å². The molecule has 30 heavy (non-hydrogen) atoms. The smallest absolute Gasteiger partial charge is 0.395 e. The van der Waals surface area contributed by atoms with E-state index < -0.39 is 12.1 Å². The highest BCUT2D eigenvalue weighted by molar-refractivity contribution is 5.92. The second-order valence-electron chi connectivity index (χ2n) is 8.31. The molecule has 1 aliphatic heterocycles. The Bertz CT molecular complexity index is 1080. The van der Waals surface area contributed by atoms with Crippen LogP contribution in [-0.2, 0) is 0 Å². The van der Waals surface area contributed by atoms with E-state index in [1.807, 2.05) is 0 Å². The Hall–Kier alpha value is -2.68. The molecule has 1 aliphatic carbocycles. The minimum atomic E-state index is -4.31. The molecule has 2 N–H and O–H groups in total. The maximum Gasteiger partial charge on any atom is 0.395 e. The Balaban J connectivity index is 1.46. The van der Waals surface area contributed by atoms with Gasteiger partial charge in [0.05, 0.1) is 23.8 Å². The molecule has 2 atom stereocenters. The molecule has 9 heteroatoms. The summed E-state index contributed by atoms with van der Waals surface area (Å²) in [6.07, 6.45) is 2.28. The van der Waals surface area contributed by atoms with Crippen molar-refractivity contribution >= 4 is 10.9 Å². The van der Waals surface area contributed by atoms with Crippen LogP contribution in [0, 0.1) is 5.41 Å². The average molecular weight is 417 g/mol. The number of rotatable bonds is 4. The third-order valence-electron chi connectivity index (χ3n) is 6.40. The number of hydrogen-bond acceptors (Lipinski definition) is 5. The van der Waals surface area contributed by atoms with Crippen molar-refractivity contribution < 1.29 is 17.9 Å². The van der Waals surface area contributed by atoms with Gasteiger partial charge < -0.3 is 10.1 Å². The minimum absolute atomic E-state index is 0.0472. The van der Waals surface area contributed by atoms with E-state index >= 15 is 0 Å². The highest BCUT2D eigenvalue weighted by Crippen LogP contribution is 2.53. The summed E-state index contributed by atoms with van der Waals surface area (Å²) >= 11 is 0. The van der Waals surface area contributed by atoms with Gasteiger partial charge in [0, 0.05) is 17.3 Å². The van der Waals surface area contributed by atoms with Gasteiger partial charge in [0.2, 0.25) is 5.88 Å². The topological polar surface area (TPSA) is 75.7 Å². The summed E-state index contributed by atoms with van der Waals surface area (Å²) in [5, 5.41) is 11.1. The predicted octanol–water partition coefficient (Wildman–Crippen LogP) is 4.21. The minimum Gasteiger partial charge on any atom is -0.471 e. The van der Waals surface area contributed by atoms with Crippen molar-refractivity contribution in [1.82, 2.24) is 25.5 Å². The number of fused-ring (bicyclic) bond motifs is 1. The highest BCUT2D eigenvalue weighted by atomic mass is 19.4. The monoisotopic (exact) mass is 417 g/mol. The number of H-pyrrole nitrogens is 1. The fourth-order valence-corrected chi connectivity index (χ4v) is 4.20. The van der Waals surface area contributed by atoms with Gasteiger partial charge in [-0.25, -0.2) is 4.98 Å². The number of aromatic amines is 1. The van der Waals surface area contributed by atoms with Crippen molar-refractivity contribution in [2.75, 3.05) is 13.1 Å². The summed E-state index contributed by atoms with van der Waals surface area (Å²) in [7, 11) is 0. The van der Waals surface area contributed by atoms with Crippen molar-refractivity contribution in [1.29, 1.82) is 0 Å². The van der Waals surface area contributed by atoms with Gasteiger partial charge in [-0.3, -0.25) is 10.1 Å². The van der Waals surface area contributed by atoms with E-state index in [2.05, 4.69) is 25.5 Å². The molecule has 3 heterocycles. The summed E-state index contributed by atoms with van der Waals surface area (Å²) in [6.45, 7) is 2.93. The highest BCUT2D eigenvalue weighted by Gasteiger charge is 2.52. The number of ether oxygens (including phenoxy) is 1. The van der Waals surface area contributed by atoms with Crippen LogP contribution in [0.2, 0.25) is 0 Å². The first kappa shape index (κ1) is 19.3. The molecule has 2 fully saturated rings. The number of hydrogen-bond donors (Lipinski definition) is 2. The van der Waals surface area contributed by atoms with Gasteiger partial charge in [0.1, 0.15) is 17.5 Å². The summed E-state index contributed by atoms with van der Waals surface area (Å²) in [4.78, 5) is 8.79. The van der Waals surface area contributed by atoms with E-state index in [0.717, 1.165) is 39.3 Å². The van der Waals surface area contributed by atoms with Crippen molar-refractivity contribution in [3.8, 4) is 17.3 Å². The zero-order valence-corrected chi connectivity index (χ0v) is 16.5. The van der Waals surface area contributed by atoms with E-state index in [-0.39, 0.29) is 17.1 Å². The standard InChI is InChI=1S/C21H22F3N5O/c1-12(21(22,23)24)13-2-3-15-14(8-13)19(29-28-15)16-9-26-11-18(27-16)30-17-10-25-7-6-20(17)4-5-20/h2-3,8-9,11-12,17,25H,4-7,10H2,1H3,(H,28,29)/t12?,17-/m0/s1. The first-order valence-electron chi connectivity index (χ1n) is 10.1. The van der Waals surface area contributed by atoms with Gasteiger partial charge in [0.25, 0.3) is 0 Å². The fraction of sp³-hybridized carbons (Fsp3) is 0.476. The van der Waals surface area contributed by atoms with Crippen molar-refractivity contribution in [2.24, 2.45) is 5.41 Å². The molecule has 0 bridgehead atoms. The molecule has 1 saturated carbocycles. The number of benzene rings is 1. The van der Waals surface area contributed by atoms with Crippen LogP contribution in [-0.4, -0.2) is 45.5 Å². The third kappa shape index (κ3) is 3.40. The van der Waals surface area contributed by atoms with Crippen molar-refractivity contribution in [3.05, 3.63) is 36.2 Å². The molecular formula is C21H22F3N5O. The molecule has 5 rings (SSSR count). The van der Waals surface area contributed by atoms with Crippen molar-refractivity contribution in [3.63, 3.8) is 0 Å². The van der Waals surface area contributed by atoms with E-state index in [4.69, 9.17) is 4.74 Å². The molecule has 0 amide bonds. The van der Waals surface area contributed by atoms with Crippen LogP contribution in [0.3, 0.4) is 0 Å². The van der Waals surface area contributed by atoms with Crippen LogP contribution in [0.15, 0.2) is 30.6 Å². The molecular weight excluding hydrogens is 395 g/mol. The van der Waals surface area contributed by atoms with E-state index in [1.54, 1.807) is 18.5 Å². The molecule has 1 saturated heterocycles. The number of aromatic nitrogens is 4. The summed E-state index contributed by atoms with van der Waals surface area (Å²) < 4.78 is 45.6. The van der Waals surface area contributed by atoms with Crippen molar-refractivity contribution in [2.45, 2.75) is 44.4 Å². The number of alkyl halides is 3. The van der Waals surface area contributed by atoms with Gasteiger partial charge in [-0.2, -0.15) is 18.3 Å². The normalized spacial score (nSPS) is 21.7. The molecule has 1 spiro atoms. The predicted molar refractivity (Wildman–Crippen MR) is 105 cm³/mol. The van der Waals surface area contributed by atoms with Gasteiger partial charge in [-0.1, -0.05) is 6.07 Å². The lowest BCUT2D eigenvalue weighted by molar-refractivity contribution is -0.146. The third-order valence-corrected chi connectivity index (χ3v) is 6.40. The second-order valence-corrected chi connectivity index (χ2v) is 8.31. The van der Waals surface area contributed by atoms with Crippen LogP contribution in [0.5, 0.6) is 5.88 Å². The molecule has 6 nitrogen and oxygen atoms in total. The maximum absolute atomic E-state index is 13.2. The molecule has 2 aromatic heterocycles. The van der Waals surface area contributed by atoms with Gasteiger partial charge in [-0.05, 0) is 50.4 Å². The number of piperidine rings is 1. The number of nitrogens with one attached hydrogen (secondary N) is 2. The fourth-order valence-electron chi connectivity index (χ4n) is 4.20. The van der Waals surface area contributed by atoms with Crippen LogP contribution in [0.25, 0.3) is 22.3 Å². The van der Waals surface area contributed by atoms with Crippen LogP contribution < -0.4 is 10.1 Å². The van der Waals surface area contributed by atoms with Gasteiger partial charge >= 0.3 is 6.18 Å². The van der Waals surface area contributed by atoms with Gasteiger partial charge in [-0.15, -0.1) is 0 Å². The zero-order chi connectivity index (χ0) is 20.9. The molecule has 1 unspecified atom stereocenters. The molecule has 2 aliphatic rings. The molecule has 1 aromatic carbocycles. The lowest BCUT2D eigenvalue weighted by Crippen LogP contribution is -2.45. The zero-order valence-electron chi connectivity index (χ0n) is 16.5. The molecule has 0 radical (unpaired) electrons. The number of nitrogens with zero attached hydrogens (tertiary/aromatic N) is 3. The van der Waals surface area contributed by atoms with E-state index in [0.29, 0.717) is 28.2 Å². The first-order chi connectivity index (χ1) is 14.4. The summed E-state index contributed by atoms with van der Waals surface area (Å²) in [5.41, 5.74) is 1.99. The SMILES string of the molecule is CC(c1ccc2[nH]nc(-c3cncc(O[C@H]4CNCCC45CC5)n3)c2c1)C(F)(F)F. The van der Waals surface area contributed by atoms with Crippen LogP contribution >= 0.6 is 0 Å². The first-order valence-corrected chi connectivity index (χ1v) is 10.1. The van der Waals surface area contributed by atoms with Gasteiger partial charge in [0.15, 0.2) is 0 Å². The van der Waals surface area contributed by atoms with Crippen LogP contribution in [0.4, 0.5) is 13.2 Å². The molecule has 158 valence electrons. The summed E-state index contributed by atoms with van der Waals surface area (Å²) in [5.74, 6) is -1.16. The lowest BCUT2D eigenvalue weighted by Gasteiger charge is -2.32. The Kier molecular flexibility index (Phi) is 4.46. The quantitative estimate of drug-likeness (QED) is 0.665. The second kappa shape index (κ2) is 6.94. The summed E-state index contributed by atoms with van der Waals surface area (Å²) in [6, 6.07) is 4.60. The van der Waals surface area contributed by atoms with Crippen LogP contribution in [0.1, 0.15) is 37.7 Å². The average Bonchev–Trinajstić information content (AvgIpc) is 3.37. The number of halogens is 3. The molecule has 3 aromatic rings. The maximum atomic E-state index is 13.2. The Morgan fingerprint density at radius 3 is 2.80 bits per heavy atom. The largest absolute Gasteiger partial charge is 0.471 e. The Morgan fingerprint density at radius 1 is 1.20 bits per heavy atom. The Labute approximate surface area is 171 Å². The Morgan fingerprint density at radius 2 is 2.03 bits per heavy atom.